The zero-order valence-electron chi connectivity index (χ0n) is 11.8. The van der Waals surface area contributed by atoms with Gasteiger partial charge in [-0.25, -0.2) is 8.42 Å². The molecule has 3 rings (SSSR count). The van der Waals surface area contributed by atoms with Crippen molar-refractivity contribution in [2.75, 3.05) is 21.9 Å². The molecule has 0 spiro atoms. The van der Waals surface area contributed by atoms with Gasteiger partial charge < -0.3 is 9.73 Å². The summed E-state index contributed by atoms with van der Waals surface area (Å²) in [5.74, 6) is -0.172. The van der Waals surface area contributed by atoms with Gasteiger partial charge in [0.1, 0.15) is 0 Å². The maximum Gasteiger partial charge on any atom is 0.291 e. The zero-order valence-corrected chi connectivity index (χ0v) is 14.9. The molecule has 1 fully saturated rings. The number of nitrogens with one attached hydrogen (secondary N) is 1. The van der Waals surface area contributed by atoms with Crippen molar-refractivity contribution in [1.82, 2.24) is 0 Å². The van der Waals surface area contributed by atoms with E-state index in [1.165, 1.54) is 16.4 Å². The first-order valence-corrected chi connectivity index (χ1v) is 9.51. The predicted octanol–water partition coefficient (Wildman–Crippen LogP) is 3.49. The average Bonchev–Trinajstić information content (AvgIpc) is 3.06. The lowest BCUT2D eigenvalue weighted by Crippen LogP contribution is -2.25. The van der Waals surface area contributed by atoms with Crippen LogP contribution in [0, 0.1) is 0 Å². The van der Waals surface area contributed by atoms with Crippen LogP contribution in [-0.4, -0.2) is 26.6 Å². The third kappa shape index (κ3) is 3.39. The molecule has 0 bridgehead atoms. The third-order valence-corrected chi connectivity index (χ3v) is 5.99. The molecule has 122 valence electrons. The topological polar surface area (TPSA) is 79.6 Å². The number of benzene rings is 1. The fourth-order valence-electron chi connectivity index (χ4n) is 2.31. The van der Waals surface area contributed by atoms with Gasteiger partial charge in [0.15, 0.2) is 10.4 Å². The van der Waals surface area contributed by atoms with Crippen LogP contribution in [0.3, 0.4) is 0 Å². The molecule has 0 saturated carbocycles. The van der Waals surface area contributed by atoms with Crippen LogP contribution >= 0.6 is 27.5 Å². The highest BCUT2D eigenvalue weighted by Gasteiger charge is 2.28. The Morgan fingerprint density at radius 3 is 2.65 bits per heavy atom. The molecule has 1 amide bonds. The molecule has 1 saturated heterocycles. The van der Waals surface area contributed by atoms with Crippen LogP contribution in [0.1, 0.15) is 17.0 Å². The van der Waals surface area contributed by atoms with E-state index in [9.17, 15) is 13.2 Å². The monoisotopic (exact) mass is 418 g/mol. The van der Waals surface area contributed by atoms with Gasteiger partial charge in [-0.3, -0.25) is 9.10 Å². The number of rotatable bonds is 3. The minimum absolute atomic E-state index is 0.135. The summed E-state index contributed by atoms with van der Waals surface area (Å²) in [6.07, 6.45) is 0.589. The van der Waals surface area contributed by atoms with E-state index in [4.69, 9.17) is 16.0 Å². The van der Waals surface area contributed by atoms with Crippen LogP contribution in [0.15, 0.2) is 39.4 Å². The number of hydrogen-bond donors (Lipinski definition) is 1. The highest BCUT2D eigenvalue weighted by Crippen LogP contribution is 2.31. The van der Waals surface area contributed by atoms with Crippen LogP contribution in [0.5, 0.6) is 0 Å². The van der Waals surface area contributed by atoms with Crippen molar-refractivity contribution >= 4 is 54.8 Å². The summed E-state index contributed by atoms with van der Waals surface area (Å²) < 4.78 is 30.8. The SMILES string of the molecule is O=C(Nc1ccc(N2CCCS2(=O)=O)cc1Cl)c1ccc(Br)o1. The van der Waals surface area contributed by atoms with Gasteiger partial charge in [-0.05, 0) is 52.7 Å². The summed E-state index contributed by atoms with van der Waals surface area (Å²) >= 11 is 9.28. The van der Waals surface area contributed by atoms with Crippen molar-refractivity contribution in [3.8, 4) is 0 Å². The van der Waals surface area contributed by atoms with E-state index in [1.807, 2.05) is 0 Å². The van der Waals surface area contributed by atoms with Gasteiger partial charge in [-0.15, -0.1) is 0 Å². The first-order valence-electron chi connectivity index (χ1n) is 6.73. The number of amides is 1. The molecular formula is C14H12BrClN2O4S. The Balaban J connectivity index is 1.81. The molecular weight excluding hydrogens is 408 g/mol. The number of anilines is 2. The molecule has 1 aromatic heterocycles. The van der Waals surface area contributed by atoms with Gasteiger partial charge in [-0.1, -0.05) is 11.6 Å². The van der Waals surface area contributed by atoms with Gasteiger partial charge in [-0.2, -0.15) is 0 Å². The van der Waals surface area contributed by atoms with Crippen molar-refractivity contribution in [2.24, 2.45) is 0 Å². The number of sulfonamides is 1. The Hall–Kier alpha value is -1.51. The summed E-state index contributed by atoms with van der Waals surface area (Å²) in [7, 11) is -3.27. The second-order valence-corrected chi connectivity index (χ2v) is 8.17. The van der Waals surface area contributed by atoms with Crippen LogP contribution in [0.25, 0.3) is 0 Å². The highest BCUT2D eigenvalue weighted by molar-refractivity contribution is 9.10. The maximum absolute atomic E-state index is 12.0. The summed E-state index contributed by atoms with van der Waals surface area (Å²) in [4.78, 5) is 12.0. The molecule has 1 aliphatic rings. The van der Waals surface area contributed by atoms with Crippen molar-refractivity contribution in [1.29, 1.82) is 0 Å². The second kappa shape index (κ2) is 6.18. The van der Waals surface area contributed by atoms with E-state index in [0.29, 0.717) is 29.0 Å². The van der Waals surface area contributed by atoms with Crippen molar-refractivity contribution < 1.29 is 17.6 Å². The lowest BCUT2D eigenvalue weighted by atomic mass is 10.2. The van der Waals surface area contributed by atoms with E-state index in [2.05, 4.69) is 21.2 Å². The van der Waals surface area contributed by atoms with Gasteiger partial charge >= 0.3 is 0 Å². The Labute approximate surface area is 146 Å². The maximum atomic E-state index is 12.0. The van der Waals surface area contributed by atoms with Crippen LogP contribution < -0.4 is 9.62 Å². The third-order valence-electron chi connectivity index (χ3n) is 3.39. The van der Waals surface area contributed by atoms with E-state index in [1.54, 1.807) is 18.2 Å². The fraction of sp³-hybridized carbons (Fsp3) is 0.214. The Morgan fingerprint density at radius 1 is 1.30 bits per heavy atom. The molecule has 23 heavy (non-hydrogen) atoms. The molecule has 2 heterocycles. The summed E-state index contributed by atoms with van der Waals surface area (Å²) in [6, 6.07) is 7.85. The Morgan fingerprint density at radius 2 is 2.09 bits per heavy atom. The highest BCUT2D eigenvalue weighted by atomic mass is 79.9. The number of furan rings is 1. The van der Waals surface area contributed by atoms with Gasteiger partial charge in [0.25, 0.3) is 5.91 Å². The molecule has 0 aliphatic carbocycles. The molecule has 0 radical (unpaired) electrons. The van der Waals surface area contributed by atoms with Crippen molar-refractivity contribution in [3.05, 3.63) is 45.8 Å². The standard InChI is InChI=1S/C14H12BrClN2O4S/c15-13-5-4-12(22-13)14(19)17-11-3-2-9(8-10(11)16)18-6-1-7-23(18,20)21/h2-5,8H,1,6-7H2,(H,17,19). The lowest BCUT2D eigenvalue weighted by molar-refractivity contribution is 0.0995. The summed E-state index contributed by atoms with van der Waals surface area (Å²) in [6.45, 7) is 0.435. The largest absolute Gasteiger partial charge is 0.444 e. The molecule has 6 nitrogen and oxygen atoms in total. The van der Waals surface area contributed by atoms with Crippen molar-refractivity contribution in [2.45, 2.75) is 6.42 Å². The number of carbonyl (C=O) groups is 1. The minimum atomic E-state index is -3.27. The van der Waals surface area contributed by atoms with E-state index in [0.717, 1.165) is 0 Å². The van der Waals surface area contributed by atoms with Gasteiger partial charge in [0.2, 0.25) is 10.0 Å². The van der Waals surface area contributed by atoms with Gasteiger partial charge in [0, 0.05) is 6.54 Å². The van der Waals surface area contributed by atoms with Crippen molar-refractivity contribution in [3.63, 3.8) is 0 Å². The summed E-state index contributed by atoms with van der Waals surface area (Å²) in [5.41, 5.74) is 0.871. The predicted molar refractivity (Wildman–Crippen MR) is 91.6 cm³/mol. The minimum Gasteiger partial charge on any atom is -0.444 e. The van der Waals surface area contributed by atoms with Gasteiger partial charge in [0.05, 0.1) is 22.2 Å². The smallest absolute Gasteiger partial charge is 0.291 e. The van der Waals surface area contributed by atoms with E-state index in [-0.39, 0.29) is 16.5 Å². The number of hydrogen-bond acceptors (Lipinski definition) is 4. The molecule has 2 aromatic rings. The normalized spacial score (nSPS) is 16.5. The summed E-state index contributed by atoms with van der Waals surface area (Å²) in [5, 5.41) is 2.88. The Kier molecular flexibility index (Phi) is 4.39. The second-order valence-electron chi connectivity index (χ2n) is 4.96. The molecule has 9 heteroatoms. The Bertz CT molecular complexity index is 865. The van der Waals surface area contributed by atoms with Crippen LogP contribution in [-0.2, 0) is 10.0 Å². The average molecular weight is 420 g/mol. The number of halogens is 2. The van der Waals surface area contributed by atoms with E-state index >= 15 is 0 Å². The fourth-order valence-corrected chi connectivity index (χ4v) is 4.40. The first-order chi connectivity index (χ1) is 10.9. The lowest BCUT2D eigenvalue weighted by Gasteiger charge is -2.18. The first kappa shape index (κ1) is 16.4. The number of carbonyl (C=O) groups excluding carboxylic acids is 1. The van der Waals surface area contributed by atoms with Crippen LogP contribution in [0.2, 0.25) is 5.02 Å². The molecule has 0 atom stereocenters. The van der Waals surface area contributed by atoms with E-state index < -0.39 is 15.9 Å². The zero-order chi connectivity index (χ0) is 16.6. The van der Waals surface area contributed by atoms with Crippen LogP contribution in [0.4, 0.5) is 11.4 Å². The molecule has 1 aromatic carbocycles. The molecule has 1 N–H and O–H groups in total. The molecule has 0 unspecified atom stereocenters. The molecule has 1 aliphatic heterocycles. The number of nitrogens with zero attached hydrogens (tertiary/aromatic N) is 1. The quantitative estimate of drug-likeness (QED) is 0.826.